The smallest absolute Gasteiger partial charge is 0.122 e. The van der Waals surface area contributed by atoms with Crippen molar-refractivity contribution in [3.63, 3.8) is 0 Å². The Bertz CT molecular complexity index is 1690. The summed E-state index contributed by atoms with van der Waals surface area (Å²) >= 11 is 6.31. The van der Waals surface area contributed by atoms with Crippen molar-refractivity contribution in [2.45, 2.75) is 228 Å². The van der Waals surface area contributed by atoms with Crippen LogP contribution in [0, 0.1) is 6.92 Å². The van der Waals surface area contributed by atoms with Gasteiger partial charge in [0, 0.05) is 9.75 Å². The van der Waals surface area contributed by atoms with Gasteiger partial charge >= 0.3 is 214 Å². The van der Waals surface area contributed by atoms with E-state index in [0.29, 0.717) is 0 Å². The Morgan fingerprint density at radius 1 is 0.407 bits per heavy atom. The van der Waals surface area contributed by atoms with Crippen molar-refractivity contribution >= 4 is 104 Å². The molecule has 0 amide bonds. The Morgan fingerprint density at radius 2 is 0.746 bits per heavy atom. The maximum atomic E-state index is 2.79. The topological polar surface area (TPSA) is 0 Å². The molecule has 0 unspecified atom stereocenters. The number of rotatable bonds is 29. The maximum absolute atomic E-state index is 2.79. The van der Waals surface area contributed by atoms with Crippen LogP contribution in [0.5, 0.6) is 0 Å². The molecule has 4 aromatic heterocycles. The normalized spacial score (nSPS) is 14.6. The number of unbranched alkanes of at least 4 members (excludes halogenated alkanes) is 20. The third kappa shape index (κ3) is 13.1. The fourth-order valence-electron chi connectivity index (χ4n) is 10.5. The number of fused-ring (bicyclic) bond motifs is 6. The second-order valence-corrected chi connectivity index (χ2v) is 47.8. The molecule has 0 aromatic carbocycles. The van der Waals surface area contributed by atoms with Gasteiger partial charge in [0.1, 0.15) is 8.07 Å². The summed E-state index contributed by atoms with van der Waals surface area (Å²) < 4.78 is 1.82. The van der Waals surface area contributed by atoms with Crippen molar-refractivity contribution in [3.8, 4) is 19.5 Å². The molecule has 0 nitrogen and oxygen atoms in total. The molecule has 0 aliphatic carbocycles. The zero-order valence-corrected chi connectivity index (χ0v) is 47.5. The van der Waals surface area contributed by atoms with E-state index in [0.717, 1.165) is 0 Å². The second kappa shape index (κ2) is 25.5. The standard InChI is InChI=1S/C25H39S2Si.C24H38S2Si.3CH3.Sn/c1-4-6-8-10-12-14-18-28(19-15-13-11-9-7-5-2)22-16-17-26-24(22)25-23(28)20-21(3)27-25;1-3-5-7-9-11-13-19-27(20-14-12-10-8-6-4-2)21-15-17-25-23(21)24-22(27)16-18-26-24;;;;/h16,20H,4-15,18-19H2,1-3H3;15-18H,3-14,19-20H2,1-2H3;3*1H3;. The van der Waals surface area contributed by atoms with Gasteiger partial charge in [-0.2, -0.15) is 0 Å². The zero-order valence-electron chi connectivity index (χ0n) is 39.4. The van der Waals surface area contributed by atoms with E-state index in [1.165, 1.54) is 178 Å². The van der Waals surface area contributed by atoms with Gasteiger partial charge < -0.3 is 0 Å². The first-order chi connectivity index (χ1) is 28.7. The van der Waals surface area contributed by atoms with E-state index < -0.39 is 34.5 Å². The number of hydrogen-bond donors (Lipinski definition) is 0. The van der Waals surface area contributed by atoms with Crippen LogP contribution < -0.4 is 23.6 Å². The van der Waals surface area contributed by atoms with Crippen LogP contribution in [-0.2, 0) is 0 Å². The SMILES string of the molecule is CCCCCCCC[Si]1(CCCCCCCC)c2cc(C)sc2-c2s[c]([Sn]([CH3])([CH3])[CH3])cc21.CCCCCCCC[Si]1(CCCCCCCC)c2ccsc2-c2sccc21. The molecule has 0 atom stereocenters. The summed E-state index contributed by atoms with van der Waals surface area (Å²) in [6.07, 6.45) is 34.3. The maximum Gasteiger partial charge on any atom is 0.122 e. The summed E-state index contributed by atoms with van der Waals surface area (Å²) in [4.78, 5) is 16.2. The quantitative estimate of drug-likeness (QED) is 0.0376. The number of thiophene rings is 4. The van der Waals surface area contributed by atoms with Gasteiger partial charge in [-0.1, -0.05) is 103 Å². The van der Waals surface area contributed by atoms with E-state index in [9.17, 15) is 0 Å². The first-order valence-electron chi connectivity index (χ1n) is 25.1. The van der Waals surface area contributed by atoms with Crippen LogP contribution in [0.3, 0.4) is 0 Å². The fourth-order valence-corrected chi connectivity index (χ4v) is 34.5. The molecule has 0 spiro atoms. The number of aryl methyl sites for hydroxylation is 1. The first-order valence-corrected chi connectivity index (χ1v) is 43.3. The molecule has 0 saturated carbocycles. The zero-order chi connectivity index (χ0) is 42.1. The van der Waals surface area contributed by atoms with Gasteiger partial charge in [-0.3, -0.25) is 0 Å². The first kappa shape index (κ1) is 50.0. The fraction of sp³-hybridized carbons (Fsp3) is 0.692. The molecule has 330 valence electrons. The van der Waals surface area contributed by atoms with Gasteiger partial charge in [-0.15, -0.1) is 22.7 Å². The van der Waals surface area contributed by atoms with Crippen molar-refractivity contribution in [2.75, 3.05) is 0 Å². The van der Waals surface area contributed by atoms with Gasteiger partial charge in [-0.25, -0.2) is 0 Å². The number of hydrogen-bond acceptors (Lipinski definition) is 4. The molecule has 7 heteroatoms. The molecule has 0 saturated heterocycles. The monoisotopic (exact) mass is 1010 g/mol. The second-order valence-electron chi connectivity index (χ2n) is 19.8. The van der Waals surface area contributed by atoms with Crippen LogP contribution in [-0.4, -0.2) is 34.5 Å². The third-order valence-corrected chi connectivity index (χ3v) is 39.0. The average molecular weight is 1010 g/mol. The molecular formula is C52H86S4Si2Sn. The molecule has 2 aliphatic rings. The van der Waals surface area contributed by atoms with E-state index in [4.69, 9.17) is 0 Å². The van der Waals surface area contributed by atoms with E-state index in [1.54, 1.807) is 24.4 Å². The molecule has 0 N–H and O–H groups in total. The molecule has 0 radical (unpaired) electrons. The van der Waals surface area contributed by atoms with E-state index in [2.05, 4.69) is 107 Å². The molecule has 0 fully saturated rings. The molecule has 6 rings (SSSR count). The van der Waals surface area contributed by atoms with Crippen LogP contribution in [0.4, 0.5) is 0 Å². The third-order valence-electron chi connectivity index (χ3n) is 14.0. The molecule has 2 aliphatic heterocycles. The largest absolute Gasteiger partial charge is 0.143 e. The predicted molar refractivity (Wildman–Crippen MR) is 286 cm³/mol. The minimum absolute atomic E-state index is 1.35. The molecule has 59 heavy (non-hydrogen) atoms. The van der Waals surface area contributed by atoms with Crippen molar-refractivity contribution in [1.29, 1.82) is 0 Å². The van der Waals surface area contributed by atoms with Gasteiger partial charge in [0.15, 0.2) is 0 Å². The van der Waals surface area contributed by atoms with Crippen LogP contribution in [0.1, 0.15) is 187 Å². The van der Waals surface area contributed by atoms with E-state index in [-0.39, 0.29) is 0 Å². The van der Waals surface area contributed by atoms with Gasteiger partial charge in [-0.05, 0) is 33.2 Å². The van der Waals surface area contributed by atoms with Crippen LogP contribution in [0.25, 0.3) is 19.5 Å². The molecule has 0 bridgehead atoms. The van der Waals surface area contributed by atoms with Crippen LogP contribution in [0.15, 0.2) is 35.0 Å². The van der Waals surface area contributed by atoms with Gasteiger partial charge in [0.05, 0.1) is 0 Å². The van der Waals surface area contributed by atoms with Crippen molar-refractivity contribution in [2.24, 2.45) is 0 Å². The van der Waals surface area contributed by atoms with Gasteiger partial charge in [0.2, 0.25) is 0 Å². The summed E-state index contributed by atoms with van der Waals surface area (Å²) in [5.74, 6) is 0. The Hall–Kier alpha value is 0.0325. The van der Waals surface area contributed by atoms with Gasteiger partial charge in [0.25, 0.3) is 0 Å². The minimum atomic E-state index is -2.05. The summed E-state index contributed by atoms with van der Waals surface area (Å²) in [5.41, 5.74) is 0. The summed E-state index contributed by atoms with van der Waals surface area (Å²) in [5, 5.41) is 12.1. The van der Waals surface area contributed by atoms with Crippen molar-refractivity contribution in [3.05, 3.63) is 39.9 Å². The molecule has 6 heterocycles. The van der Waals surface area contributed by atoms with Crippen LogP contribution >= 0.6 is 45.3 Å². The summed E-state index contributed by atoms with van der Waals surface area (Å²) in [7, 11) is -3.08. The molecular weight excluding hydrogens is 928 g/mol. The predicted octanol–water partition coefficient (Wildman–Crippen LogP) is 17.0. The Balaban J connectivity index is 0.000000227. The van der Waals surface area contributed by atoms with E-state index >= 15 is 0 Å². The Kier molecular flexibility index (Phi) is 21.6. The minimum Gasteiger partial charge on any atom is -0.143 e. The Morgan fingerprint density at radius 3 is 1.14 bits per heavy atom. The molecule has 4 aromatic rings. The van der Waals surface area contributed by atoms with Crippen LogP contribution in [0.2, 0.25) is 39.0 Å². The van der Waals surface area contributed by atoms with Crippen molar-refractivity contribution < 1.29 is 0 Å². The Labute approximate surface area is 387 Å². The summed E-state index contributed by atoms with van der Waals surface area (Å²) in [6, 6.07) is 16.5. The average Bonchev–Trinajstić information content (AvgIpc) is 4.07. The van der Waals surface area contributed by atoms with Crippen molar-refractivity contribution in [1.82, 2.24) is 0 Å². The van der Waals surface area contributed by atoms with E-state index in [1.807, 2.05) is 46.3 Å². The summed E-state index contributed by atoms with van der Waals surface area (Å²) in [6.45, 7) is 11.7.